The Labute approximate surface area is 129 Å². The summed E-state index contributed by atoms with van der Waals surface area (Å²) in [5.74, 6) is 1.68. The van der Waals surface area contributed by atoms with Crippen molar-refractivity contribution in [1.29, 1.82) is 0 Å². The maximum Gasteiger partial charge on any atom is 0.0408 e. The van der Waals surface area contributed by atoms with E-state index in [0.717, 1.165) is 23.4 Å². The number of benzene rings is 1. The number of rotatable bonds is 5. The number of halogens is 1. The van der Waals surface area contributed by atoms with Crippen molar-refractivity contribution in [3.8, 4) is 0 Å². The fourth-order valence-electron chi connectivity index (χ4n) is 3.44. The lowest BCUT2D eigenvalue weighted by Gasteiger charge is -2.34. The molecule has 1 aromatic carbocycles. The summed E-state index contributed by atoms with van der Waals surface area (Å²) >= 11 is 6.11. The average molecular weight is 294 g/mol. The molecule has 0 bridgehead atoms. The van der Waals surface area contributed by atoms with Crippen LogP contribution >= 0.6 is 11.6 Å². The van der Waals surface area contributed by atoms with Crippen LogP contribution in [0.1, 0.15) is 63.1 Å². The first-order valence-corrected chi connectivity index (χ1v) is 8.49. The third-order valence-corrected chi connectivity index (χ3v) is 4.95. The van der Waals surface area contributed by atoms with Gasteiger partial charge in [0.15, 0.2) is 0 Å². The average Bonchev–Trinajstić information content (AvgIpc) is 2.42. The van der Waals surface area contributed by atoms with Gasteiger partial charge in [-0.3, -0.25) is 0 Å². The lowest BCUT2D eigenvalue weighted by atomic mass is 9.76. The van der Waals surface area contributed by atoms with Crippen LogP contribution in [-0.2, 0) is 0 Å². The molecule has 0 aromatic heterocycles. The Bertz CT molecular complexity index is 421. The van der Waals surface area contributed by atoms with E-state index in [1.807, 2.05) is 6.07 Å². The van der Waals surface area contributed by atoms with Gasteiger partial charge in [0.25, 0.3) is 0 Å². The van der Waals surface area contributed by atoms with Crippen LogP contribution in [0.5, 0.6) is 0 Å². The molecule has 2 heteroatoms. The van der Waals surface area contributed by atoms with Crippen molar-refractivity contribution >= 4 is 11.6 Å². The van der Waals surface area contributed by atoms with Crippen LogP contribution < -0.4 is 5.32 Å². The summed E-state index contributed by atoms with van der Waals surface area (Å²) in [6.45, 7) is 7.91. The zero-order chi connectivity index (χ0) is 14.5. The van der Waals surface area contributed by atoms with Gasteiger partial charge in [0, 0.05) is 11.1 Å². The van der Waals surface area contributed by atoms with Crippen LogP contribution in [0.25, 0.3) is 0 Å². The molecule has 1 aliphatic rings. The van der Waals surface area contributed by atoms with Crippen molar-refractivity contribution < 1.29 is 0 Å². The van der Waals surface area contributed by atoms with Crippen LogP contribution in [-0.4, -0.2) is 6.54 Å². The minimum atomic E-state index is 0.500. The molecule has 1 unspecified atom stereocenters. The fourth-order valence-corrected chi connectivity index (χ4v) is 3.66. The SMILES string of the molecule is CCCNC(c1ccc(Cl)cc1C)C1CCC(C)CC1. The highest BCUT2D eigenvalue weighted by Gasteiger charge is 2.27. The first-order valence-electron chi connectivity index (χ1n) is 8.11. The lowest BCUT2D eigenvalue weighted by Crippen LogP contribution is -2.31. The van der Waals surface area contributed by atoms with Crippen molar-refractivity contribution in [2.75, 3.05) is 6.54 Å². The zero-order valence-electron chi connectivity index (χ0n) is 13.1. The van der Waals surface area contributed by atoms with Gasteiger partial charge in [-0.25, -0.2) is 0 Å². The number of hydrogen-bond donors (Lipinski definition) is 1. The van der Waals surface area contributed by atoms with E-state index in [2.05, 4.69) is 38.2 Å². The third kappa shape index (κ3) is 3.99. The van der Waals surface area contributed by atoms with Crippen molar-refractivity contribution in [2.24, 2.45) is 11.8 Å². The molecule has 1 fully saturated rings. The molecule has 0 heterocycles. The fraction of sp³-hybridized carbons (Fsp3) is 0.667. The molecule has 1 atom stereocenters. The molecule has 0 aliphatic heterocycles. The zero-order valence-corrected chi connectivity index (χ0v) is 13.8. The van der Waals surface area contributed by atoms with Crippen LogP contribution in [0.3, 0.4) is 0 Å². The highest BCUT2D eigenvalue weighted by Crippen LogP contribution is 2.38. The molecule has 1 aromatic rings. The summed E-state index contributed by atoms with van der Waals surface area (Å²) in [7, 11) is 0. The second kappa shape index (κ2) is 7.47. The maximum atomic E-state index is 6.11. The van der Waals surface area contributed by atoms with Crippen LogP contribution in [0.15, 0.2) is 18.2 Å². The van der Waals surface area contributed by atoms with E-state index in [0.29, 0.717) is 6.04 Å². The van der Waals surface area contributed by atoms with E-state index in [1.54, 1.807) is 0 Å². The van der Waals surface area contributed by atoms with E-state index >= 15 is 0 Å². The molecular weight excluding hydrogens is 266 g/mol. The molecular formula is C18H28ClN. The summed E-state index contributed by atoms with van der Waals surface area (Å²) < 4.78 is 0. The largest absolute Gasteiger partial charge is 0.310 e. The topological polar surface area (TPSA) is 12.0 Å². The predicted molar refractivity (Wildman–Crippen MR) is 88.3 cm³/mol. The summed E-state index contributed by atoms with van der Waals surface area (Å²) in [6, 6.07) is 6.86. The third-order valence-electron chi connectivity index (χ3n) is 4.71. The van der Waals surface area contributed by atoms with Crippen LogP contribution in [0, 0.1) is 18.8 Å². The van der Waals surface area contributed by atoms with Crippen molar-refractivity contribution in [3.63, 3.8) is 0 Å². The minimum Gasteiger partial charge on any atom is -0.310 e. The molecule has 1 N–H and O–H groups in total. The van der Waals surface area contributed by atoms with Crippen molar-refractivity contribution in [1.82, 2.24) is 5.32 Å². The normalized spacial score (nSPS) is 24.6. The second-order valence-electron chi connectivity index (χ2n) is 6.45. The van der Waals surface area contributed by atoms with Gasteiger partial charge >= 0.3 is 0 Å². The Morgan fingerprint density at radius 1 is 1.25 bits per heavy atom. The highest BCUT2D eigenvalue weighted by molar-refractivity contribution is 6.30. The molecule has 0 radical (unpaired) electrons. The molecule has 20 heavy (non-hydrogen) atoms. The number of hydrogen-bond acceptors (Lipinski definition) is 1. The molecule has 1 nitrogen and oxygen atoms in total. The summed E-state index contributed by atoms with van der Waals surface area (Å²) in [6.07, 6.45) is 6.64. The molecule has 1 aliphatic carbocycles. The van der Waals surface area contributed by atoms with Gasteiger partial charge in [-0.1, -0.05) is 44.4 Å². The molecule has 112 valence electrons. The second-order valence-corrected chi connectivity index (χ2v) is 6.89. The van der Waals surface area contributed by atoms with Gasteiger partial charge in [-0.2, -0.15) is 0 Å². The smallest absolute Gasteiger partial charge is 0.0408 e. The standard InChI is InChI=1S/C18H28ClN/c1-4-11-20-18(15-7-5-13(2)6-8-15)17-10-9-16(19)12-14(17)3/h9-10,12-13,15,18,20H,4-8,11H2,1-3H3. The molecule has 0 spiro atoms. The van der Waals surface area contributed by atoms with Gasteiger partial charge in [0.1, 0.15) is 0 Å². The predicted octanol–water partition coefficient (Wildman–Crippen LogP) is 5.52. The lowest BCUT2D eigenvalue weighted by molar-refractivity contribution is 0.231. The van der Waals surface area contributed by atoms with Gasteiger partial charge in [-0.15, -0.1) is 0 Å². The monoisotopic (exact) mass is 293 g/mol. The summed E-state index contributed by atoms with van der Waals surface area (Å²) in [5, 5.41) is 4.63. The van der Waals surface area contributed by atoms with Crippen molar-refractivity contribution in [2.45, 2.75) is 58.9 Å². The van der Waals surface area contributed by atoms with E-state index in [-0.39, 0.29) is 0 Å². The first-order chi connectivity index (χ1) is 9.61. The molecule has 2 rings (SSSR count). The van der Waals surface area contributed by atoms with Gasteiger partial charge < -0.3 is 5.32 Å². The molecule has 0 amide bonds. The van der Waals surface area contributed by atoms with E-state index < -0.39 is 0 Å². The Hall–Kier alpha value is -0.530. The maximum absolute atomic E-state index is 6.11. The summed E-state index contributed by atoms with van der Waals surface area (Å²) in [4.78, 5) is 0. The Morgan fingerprint density at radius 2 is 1.95 bits per heavy atom. The Balaban J connectivity index is 2.17. The highest BCUT2D eigenvalue weighted by atomic mass is 35.5. The van der Waals surface area contributed by atoms with Gasteiger partial charge in [0.2, 0.25) is 0 Å². The van der Waals surface area contributed by atoms with E-state index in [9.17, 15) is 0 Å². The van der Waals surface area contributed by atoms with Gasteiger partial charge in [-0.05, 0) is 67.8 Å². The number of nitrogens with one attached hydrogen (secondary N) is 1. The van der Waals surface area contributed by atoms with Crippen LogP contribution in [0.4, 0.5) is 0 Å². The minimum absolute atomic E-state index is 0.500. The Kier molecular flexibility index (Phi) is 5.92. The molecule has 1 saturated carbocycles. The quantitative estimate of drug-likeness (QED) is 0.754. The molecule has 0 saturated heterocycles. The van der Waals surface area contributed by atoms with E-state index in [4.69, 9.17) is 11.6 Å². The van der Waals surface area contributed by atoms with Crippen LogP contribution in [0.2, 0.25) is 5.02 Å². The van der Waals surface area contributed by atoms with Gasteiger partial charge in [0.05, 0.1) is 0 Å². The van der Waals surface area contributed by atoms with E-state index in [1.165, 1.54) is 43.2 Å². The number of aryl methyl sites for hydroxylation is 1. The Morgan fingerprint density at radius 3 is 2.55 bits per heavy atom. The summed E-state index contributed by atoms with van der Waals surface area (Å²) in [5.41, 5.74) is 2.77. The van der Waals surface area contributed by atoms with Crippen molar-refractivity contribution in [3.05, 3.63) is 34.3 Å². The first kappa shape index (κ1) is 15.9.